The molecular weight excluding hydrogens is 182 g/mol. The minimum atomic E-state index is -1.19. The van der Waals surface area contributed by atoms with E-state index in [0.717, 1.165) is 11.1 Å². The molecule has 1 aromatic heterocycles. The van der Waals surface area contributed by atoms with Gasteiger partial charge in [-0.2, -0.15) is 0 Å². The number of aliphatic hydroxyl groups is 1. The highest BCUT2D eigenvalue weighted by Crippen LogP contribution is 2.38. The molecule has 0 bridgehead atoms. The van der Waals surface area contributed by atoms with Crippen molar-refractivity contribution in [1.82, 2.24) is 4.98 Å². The van der Waals surface area contributed by atoms with Gasteiger partial charge in [0, 0.05) is 12.4 Å². The fourth-order valence-electron chi connectivity index (χ4n) is 1.99. The number of carboxylic acid groups (broad SMARTS) is 1. The van der Waals surface area contributed by atoms with E-state index in [-0.39, 0.29) is 6.42 Å². The lowest BCUT2D eigenvalue weighted by molar-refractivity contribution is -0.142. The Bertz CT molecular complexity index is 377. The van der Waals surface area contributed by atoms with Crippen molar-refractivity contribution in [3.05, 3.63) is 29.6 Å². The SMILES string of the molecule is O=C(O)CC1(O)CCc2cnccc21. The Balaban J connectivity index is 2.37. The minimum absolute atomic E-state index is 0.232. The molecule has 1 unspecified atom stereocenters. The highest BCUT2D eigenvalue weighted by molar-refractivity contribution is 5.69. The molecule has 74 valence electrons. The van der Waals surface area contributed by atoms with E-state index in [0.29, 0.717) is 12.8 Å². The topological polar surface area (TPSA) is 70.4 Å². The summed E-state index contributed by atoms with van der Waals surface area (Å²) in [5.41, 5.74) is 0.482. The minimum Gasteiger partial charge on any atom is -0.481 e. The zero-order valence-electron chi connectivity index (χ0n) is 7.60. The maximum Gasteiger partial charge on any atom is 0.306 e. The molecule has 0 aromatic carbocycles. The van der Waals surface area contributed by atoms with Crippen LogP contribution in [-0.2, 0) is 16.8 Å². The summed E-state index contributed by atoms with van der Waals surface area (Å²) >= 11 is 0. The standard InChI is InChI=1S/C10H11NO3/c12-9(13)5-10(14)3-1-7-6-11-4-2-8(7)10/h2,4,6,14H,1,3,5H2,(H,12,13). The first-order chi connectivity index (χ1) is 6.62. The van der Waals surface area contributed by atoms with E-state index in [1.165, 1.54) is 0 Å². The van der Waals surface area contributed by atoms with Crippen LogP contribution in [0.2, 0.25) is 0 Å². The molecule has 1 heterocycles. The van der Waals surface area contributed by atoms with Gasteiger partial charge in [0.2, 0.25) is 0 Å². The van der Waals surface area contributed by atoms with Gasteiger partial charge in [-0.3, -0.25) is 9.78 Å². The Morgan fingerprint density at radius 1 is 1.64 bits per heavy atom. The molecule has 0 radical (unpaired) electrons. The Morgan fingerprint density at radius 2 is 2.43 bits per heavy atom. The predicted octanol–water partition coefficient (Wildman–Crippen LogP) is 0.690. The van der Waals surface area contributed by atoms with Crippen molar-refractivity contribution in [3.8, 4) is 0 Å². The molecule has 2 rings (SSSR count). The van der Waals surface area contributed by atoms with Gasteiger partial charge >= 0.3 is 5.97 Å². The number of fused-ring (bicyclic) bond motifs is 1. The van der Waals surface area contributed by atoms with E-state index in [4.69, 9.17) is 5.11 Å². The third kappa shape index (κ3) is 1.37. The smallest absolute Gasteiger partial charge is 0.306 e. The summed E-state index contributed by atoms with van der Waals surface area (Å²) < 4.78 is 0. The lowest BCUT2D eigenvalue weighted by Crippen LogP contribution is -2.25. The van der Waals surface area contributed by atoms with E-state index < -0.39 is 11.6 Å². The van der Waals surface area contributed by atoms with Crippen molar-refractivity contribution >= 4 is 5.97 Å². The highest BCUT2D eigenvalue weighted by atomic mass is 16.4. The molecule has 0 saturated heterocycles. The molecular formula is C10H11NO3. The van der Waals surface area contributed by atoms with Crippen LogP contribution in [0.5, 0.6) is 0 Å². The van der Waals surface area contributed by atoms with Crippen LogP contribution < -0.4 is 0 Å². The van der Waals surface area contributed by atoms with Gasteiger partial charge in [-0.1, -0.05) is 0 Å². The largest absolute Gasteiger partial charge is 0.481 e. The van der Waals surface area contributed by atoms with Gasteiger partial charge in [0.1, 0.15) is 5.60 Å². The maximum absolute atomic E-state index is 10.6. The second-order valence-corrected chi connectivity index (χ2v) is 3.63. The molecule has 0 saturated carbocycles. The highest BCUT2D eigenvalue weighted by Gasteiger charge is 2.38. The van der Waals surface area contributed by atoms with Gasteiger partial charge in [0.05, 0.1) is 6.42 Å². The van der Waals surface area contributed by atoms with Crippen LogP contribution in [0.1, 0.15) is 24.0 Å². The number of carboxylic acids is 1. The van der Waals surface area contributed by atoms with Crippen molar-refractivity contribution in [2.75, 3.05) is 0 Å². The Hall–Kier alpha value is -1.42. The number of rotatable bonds is 2. The van der Waals surface area contributed by atoms with Gasteiger partial charge in [0.25, 0.3) is 0 Å². The molecule has 2 N–H and O–H groups in total. The van der Waals surface area contributed by atoms with Crippen molar-refractivity contribution in [3.63, 3.8) is 0 Å². The molecule has 1 atom stereocenters. The quantitative estimate of drug-likeness (QED) is 0.725. The maximum atomic E-state index is 10.6. The van der Waals surface area contributed by atoms with Gasteiger partial charge in [0.15, 0.2) is 0 Å². The first-order valence-corrected chi connectivity index (χ1v) is 4.49. The first kappa shape index (κ1) is 9.15. The van der Waals surface area contributed by atoms with Crippen molar-refractivity contribution in [2.45, 2.75) is 24.9 Å². The molecule has 4 nitrogen and oxygen atoms in total. The average Bonchev–Trinajstić information content (AvgIpc) is 2.44. The summed E-state index contributed by atoms with van der Waals surface area (Å²) in [6.45, 7) is 0. The Morgan fingerprint density at radius 3 is 3.14 bits per heavy atom. The summed E-state index contributed by atoms with van der Waals surface area (Å²) in [4.78, 5) is 14.5. The predicted molar refractivity (Wildman–Crippen MR) is 48.7 cm³/mol. The van der Waals surface area contributed by atoms with Crippen LogP contribution in [0.15, 0.2) is 18.5 Å². The van der Waals surface area contributed by atoms with Gasteiger partial charge < -0.3 is 10.2 Å². The number of aliphatic carboxylic acids is 1. The van der Waals surface area contributed by atoms with Crippen LogP contribution in [0, 0.1) is 0 Å². The van der Waals surface area contributed by atoms with Crippen LogP contribution in [0.25, 0.3) is 0 Å². The molecule has 0 amide bonds. The second kappa shape index (κ2) is 3.06. The number of carbonyl (C=O) groups is 1. The average molecular weight is 193 g/mol. The summed E-state index contributed by atoms with van der Waals surface area (Å²) in [6, 6.07) is 1.70. The van der Waals surface area contributed by atoms with Crippen molar-refractivity contribution in [1.29, 1.82) is 0 Å². The summed E-state index contributed by atoms with van der Waals surface area (Å²) in [5.74, 6) is -0.975. The number of aryl methyl sites for hydroxylation is 1. The van der Waals surface area contributed by atoms with Crippen molar-refractivity contribution < 1.29 is 15.0 Å². The fourth-order valence-corrected chi connectivity index (χ4v) is 1.99. The van der Waals surface area contributed by atoms with E-state index >= 15 is 0 Å². The third-order valence-electron chi connectivity index (χ3n) is 2.66. The Labute approximate surface area is 81.2 Å². The molecule has 14 heavy (non-hydrogen) atoms. The molecule has 0 aliphatic heterocycles. The van der Waals surface area contributed by atoms with Crippen LogP contribution in [0.3, 0.4) is 0 Å². The van der Waals surface area contributed by atoms with Crippen LogP contribution >= 0.6 is 0 Å². The van der Waals surface area contributed by atoms with E-state index in [1.54, 1.807) is 18.5 Å². The van der Waals surface area contributed by atoms with E-state index in [1.807, 2.05) is 0 Å². The van der Waals surface area contributed by atoms with Crippen LogP contribution in [-0.4, -0.2) is 21.2 Å². The summed E-state index contributed by atoms with van der Waals surface area (Å²) in [5, 5.41) is 18.8. The first-order valence-electron chi connectivity index (χ1n) is 4.49. The van der Waals surface area contributed by atoms with Gasteiger partial charge in [-0.25, -0.2) is 0 Å². The lowest BCUT2D eigenvalue weighted by atomic mass is 9.93. The number of aromatic nitrogens is 1. The Kier molecular flexibility index (Phi) is 2.00. The number of hydrogen-bond donors (Lipinski definition) is 2. The molecule has 1 aliphatic carbocycles. The normalized spacial score (nSPS) is 24.6. The third-order valence-corrected chi connectivity index (χ3v) is 2.66. The number of hydrogen-bond acceptors (Lipinski definition) is 3. The molecule has 4 heteroatoms. The molecule has 1 aliphatic rings. The summed E-state index contributed by atoms with van der Waals surface area (Å²) in [7, 11) is 0. The second-order valence-electron chi connectivity index (χ2n) is 3.63. The zero-order chi connectivity index (χ0) is 10.2. The molecule has 1 aromatic rings. The number of nitrogens with zero attached hydrogens (tertiary/aromatic N) is 1. The number of pyridine rings is 1. The molecule has 0 spiro atoms. The monoisotopic (exact) mass is 193 g/mol. The van der Waals surface area contributed by atoms with Crippen molar-refractivity contribution in [2.24, 2.45) is 0 Å². The van der Waals surface area contributed by atoms with Gasteiger partial charge in [-0.15, -0.1) is 0 Å². The molecule has 0 fully saturated rings. The summed E-state index contributed by atoms with van der Waals surface area (Å²) in [6.07, 6.45) is 4.21. The lowest BCUT2D eigenvalue weighted by Gasteiger charge is -2.21. The fraction of sp³-hybridized carbons (Fsp3) is 0.400. The zero-order valence-corrected chi connectivity index (χ0v) is 7.60. The van der Waals surface area contributed by atoms with E-state index in [2.05, 4.69) is 4.98 Å². The van der Waals surface area contributed by atoms with Crippen LogP contribution in [0.4, 0.5) is 0 Å². The van der Waals surface area contributed by atoms with E-state index in [9.17, 15) is 9.90 Å². The van der Waals surface area contributed by atoms with Gasteiger partial charge in [-0.05, 0) is 30.0 Å².